The van der Waals surface area contributed by atoms with Crippen molar-refractivity contribution in [1.29, 1.82) is 0 Å². The summed E-state index contributed by atoms with van der Waals surface area (Å²) in [4.78, 5) is 24.2. The SMILES string of the molecule is CN(C)c1nc(NC2CCC(NC(=O)N(S)c3ccc4c(c3)OCO4)CC2)nc2ccccc12. The molecule has 1 aliphatic heterocycles. The number of benzene rings is 2. The van der Waals surface area contributed by atoms with Gasteiger partial charge in [-0.2, -0.15) is 4.98 Å². The van der Waals surface area contributed by atoms with Crippen molar-refractivity contribution in [1.82, 2.24) is 15.3 Å². The third-order valence-electron chi connectivity index (χ3n) is 6.19. The standard InChI is InChI=1S/C24H28N6O3S/c1-29(2)22-18-5-3-4-6-19(18)27-23(28-22)25-15-7-9-16(10-8-15)26-24(31)30(34)17-11-12-20-21(13-17)33-14-32-20/h3-6,11-13,15-16,34H,7-10,14H2,1-2H3,(H,26,31)(H,25,27,28). The molecule has 0 atom stereocenters. The Bertz CT molecular complexity index is 1200. The van der Waals surface area contributed by atoms with E-state index in [2.05, 4.69) is 23.4 Å². The Kier molecular flexibility index (Phi) is 6.23. The zero-order valence-electron chi connectivity index (χ0n) is 19.2. The van der Waals surface area contributed by atoms with Gasteiger partial charge in [-0.15, -0.1) is 0 Å². The van der Waals surface area contributed by atoms with Gasteiger partial charge in [0, 0.05) is 37.6 Å². The highest BCUT2D eigenvalue weighted by molar-refractivity contribution is 7.82. The smallest absolute Gasteiger partial charge is 0.332 e. The van der Waals surface area contributed by atoms with Crippen molar-refractivity contribution in [3.05, 3.63) is 42.5 Å². The molecule has 1 saturated carbocycles. The third kappa shape index (κ3) is 4.63. The molecular weight excluding hydrogens is 452 g/mol. The Morgan fingerprint density at radius 1 is 1.00 bits per heavy atom. The second kappa shape index (κ2) is 9.46. The molecular formula is C24H28N6O3S. The summed E-state index contributed by atoms with van der Waals surface area (Å²) in [6.07, 6.45) is 3.55. The Labute approximate surface area is 204 Å². The molecule has 0 spiro atoms. The van der Waals surface area contributed by atoms with E-state index in [0.29, 0.717) is 23.1 Å². The number of para-hydroxylation sites is 1. The number of rotatable bonds is 5. The van der Waals surface area contributed by atoms with Gasteiger partial charge in [-0.1, -0.05) is 24.9 Å². The van der Waals surface area contributed by atoms with Crippen molar-refractivity contribution >= 4 is 47.2 Å². The Hall–Kier alpha value is -3.40. The number of carbonyl (C=O) groups is 1. The maximum atomic E-state index is 12.7. The van der Waals surface area contributed by atoms with Gasteiger partial charge in [-0.05, 0) is 49.9 Å². The fraction of sp³-hybridized carbons (Fsp3) is 0.375. The normalized spacial score (nSPS) is 19.0. The van der Waals surface area contributed by atoms with E-state index in [1.165, 1.54) is 4.31 Å². The van der Waals surface area contributed by atoms with Crippen LogP contribution >= 0.6 is 12.8 Å². The number of hydrogen-bond acceptors (Lipinski definition) is 8. The molecule has 1 aliphatic carbocycles. The number of nitrogens with zero attached hydrogens (tertiary/aromatic N) is 4. The van der Waals surface area contributed by atoms with Crippen LogP contribution in [0.15, 0.2) is 42.5 Å². The number of nitrogens with one attached hydrogen (secondary N) is 2. The van der Waals surface area contributed by atoms with Crippen molar-refractivity contribution in [2.24, 2.45) is 0 Å². The van der Waals surface area contributed by atoms with Crippen LogP contribution in [0.2, 0.25) is 0 Å². The van der Waals surface area contributed by atoms with Crippen LogP contribution in [0.4, 0.5) is 22.2 Å². The van der Waals surface area contributed by atoms with Crippen LogP contribution in [0, 0.1) is 0 Å². The van der Waals surface area contributed by atoms with Gasteiger partial charge in [0.2, 0.25) is 12.7 Å². The van der Waals surface area contributed by atoms with Crippen molar-refractivity contribution < 1.29 is 14.3 Å². The van der Waals surface area contributed by atoms with Gasteiger partial charge in [0.1, 0.15) is 5.82 Å². The summed E-state index contributed by atoms with van der Waals surface area (Å²) in [7, 11) is 3.97. The summed E-state index contributed by atoms with van der Waals surface area (Å²) in [6, 6.07) is 13.4. The molecule has 2 N–H and O–H groups in total. The van der Waals surface area contributed by atoms with E-state index in [0.717, 1.165) is 42.4 Å². The zero-order valence-corrected chi connectivity index (χ0v) is 20.1. The number of hydrogen-bond donors (Lipinski definition) is 3. The minimum Gasteiger partial charge on any atom is -0.454 e. The zero-order chi connectivity index (χ0) is 23.7. The van der Waals surface area contributed by atoms with E-state index in [-0.39, 0.29) is 24.9 Å². The third-order valence-corrected chi connectivity index (χ3v) is 6.60. The van der Waals surface area contributed by atoms with E-state index < -0.39 is 0 Å². The molecule has 3 aromatic rings. The highest BCUT2D eigenvalue weighted by Gasteiger charge is 2.25. The topological polar surface area (TPSA) is 91.9 Å². The minimum atomic E-state index is -0.257. The van der Waals surface area contributed by atoms with Crippen LogP contribution in [0.1, 0.15) is 25.7 Å². The summed E-state index contributed by atoms with van der Waals surface area (Å²) < 4.78 is 12.0. The molecule has 9 nitrogen and oxygen atoms in total. The van der Waals surface area contributed by atoms with E-state index >= 15 is 0 Å². The Balaban J connectivity index is 1.17. The summed E-state index contributed by atoms with van der Waals surface area (Å²) in [5.74, 6) is 2.82. The minimum absolute atomic E-state index is 0.0871. The Morgan fingerprint density at radius 2 is 1.74 bits per heavy atom. The monoisotopic (exact) mass is 480 g/mol. The summed E-state index contributed by atoms with van der Waals surface area (Å²) in [5.41, 5.74) is 1.55. The molecule has 0 radical (unpaired) electrons. The lowest BCUT2D eigenvalue weighted by Crippen LogP contribution is -2.44. The summed E-state index contributed by atoms with van der Waals surface area (Å²) >= 11 is 4.39. The van der Waals surface area contributed by atoms with Crippen molar-refractivity contribution in [2.45, 2.75) is 37.8 Å². The molecule has 2 amide bonds. The number of aromatic nitrogens is 2. The number of carbonyl (C=O) groups excluding carboxylic acids is 1. The number of fused-ring (bicyclic) bond motifs is 2. The van der Waals surface area contributed by atoms with Crippen LogP contribution in [0.3, 0.4) is 0 Å². The first-order chi connectivity index (χ1) is 16.5. The average Bonchev–Trinajstić information content (AvgIpc) is 3.32. The molecule has 2 heterocycles. The van der Waals surface area contributed by atoms with E-state index in [1.807, 2.05) is 43.3 Å². The molecule has 5 rings (SSSR count). The van der Waals surface area contributed by atoms with Gasteiger partial charge in [-0.25, -0.2) is 14.1 Å². The maximum absolute atomic E-state index is 12.7. The predicted octanol–water partition coefficient (Wildman–Crippen LogP) is 4.21. The second-order valence-corrected chi connectivity index (χ2v) is 9.17. The van der Waals surface area contributed by atoms with Crippen LogP contribution in [0.5, 0.6) is 11.5 Å². The molecule has 0 saturated heterocycles. The van der Waals surface area contributed by atoms with Gasteiger partial charge in [0.25, 0.3) is 0 Å². The predicted molar refractivity (Wildman–Crippen MR) is 136 cm³/mol. The molecule has 10 heteroatoms. The first kappa shape index (κ1) is 22.4. The van der Waals surface area contributed by atoms with Gasteiger partial charge >= 0.3 is 6.03 Å². The summed E-state index contributed by atoms with van der Waals surface area (Å²) in [6.45, 7) is 0.190. The molecule has 1 fully saturated rings. The van der Waals surface area contributed by atoms with E-state index in [4.69, 9.17) is 19.4 Å². The van der Waals surface area contributed by atoms with Crippen LogP contribution in [-0.2, 0) is 0 Å². The first-order valence-electron chi connectivity index (χ1n) is 11.4. The van der Waals surface area contributed by atoms with Gasteiger partial charge in [-0.3, -0.25) is 0 Å². The largest absolute Gasteiger partial charge is 0.454 e. The molecule has 0 bridgehead atoms. The highest BCUT2D eigenvalue weighted by Crippen LogP contribution is 2.36. The lowest BCUT2D eigenvalue weighted by atomic mass is 9.91. The summed E-state index contributed by atoms with van der Waals surface area (Å²) in [5, 5.41) is 7.62. The van der Waals surface area contributed by atoms with Crippen LogP contribution in [-0.4, -0.2) is 49.0 Å². The molecule has 2 aliphatic rings. The lowest BCUT2D eigenvalue weighted by molar-refractivity contribution is 0.174. The van der Waals surface area contributed by atoms with Gasteiger partial charge in [0.15, 0.2) is 11.5 Å². The van der Waals surface area contributed by atoms with Crippen molar-refractivity contribution in [2.75, 3.05) is 35.4 Å². The number of anilines is 3. The number of ether oxygens (including phenoxy) is 2. The fourth-order valence-corrected chi connectivity index (χ4v) is 4.58. The number of urea groups is 1. The second-order valence-electron chi connectivity index (χ2n) is 8.77. The Morgan fingerprint density at radius 3 is 2.53 bits per heavy atom. The van der Waals surface area contributed by atoms with E-state index in [1.54, 1.807) is 18.2 Å². The maximum Gasteiger partial charge on any atom is 0.332 e. The first-order valence-corrected chi connectivity index (χ1v) is 11.8. The lowest BCUT2D eigenvalue weighted by Gasteiger charge is -2.31. The van der Waals surface area contributed by atoms with Gasteiger partial charge < -0.3 is 25.0 Å². The highest BCUT2D eigenvalue weighted by atomic mass is 32.1. The molecule has 1 aromatic heterocycles. The number of amides is 2. The quantitative estimate of drug-likeness (QED) is 0.471. The fourth-order valence-electron chi connectivity index (χ4n) is 4.40. The molecule has 34 heavy (non-hydrogen) atoms. The molecule has 0 unspecified atom stereocenters. The average molecular weight is 481 g/mol. The molecule has 2 aromatic carbocycles. The van der Waals surface area contributed by atoms with Gasteiger partial charge in [0.05, 0.1) is 11.2 Å². The van der Waals surface area contributed by atoms with Crippen molar-refractivity contribution in [3.63, 3.8) is 0 Å². The van der Waals surface area contributed by atoms with Crippen LogP contribution in [0.25, 0.3) is 10.9 Å². The van der Waals surface area contributed by atoms with Crippen LogP contribution < -0.4 is 29.3 Å². The van der Waals surface area contributed by atoms with Crippen molar-refractivity contribution in [3.8, 4) is 11.5 Å². The molecule has 178 valence electrons. The number of thiol groups is 1. The van der Waals surface area contributed by atoms with E-state index in [9.17, 15) is 4.79 Å².